The Kier molecular flexibility index (Phi) is 3.87. The molecule has 1 atom stereocenters. The van der Waals surface area contributed by atoms with Crippen molar-refractivity contribution in [3.63, 3.8) is 0 Å². The summed E-state index contributed by atoms with van der Waals surface area (Å²) in [7, 11) is 1.27. The monoisotopic (exact) mass is 228 g/mol. The van der Waals surface area contributed by atoms with Crippen LogP contribution in [0.2, 0.25) is 0 Å². The summed E-state index contributed by atoms with van der Waals surface area (Å²) in [5.74, 6) is -1.80. The molecule has 1 aliphatic heterocycles. The molecule has 2 amide bonds. The van der Waals surface area contributed by atoms with Gasteiger partial charge < -0.3 is 4.74 Å². The second kappa shape index (κ2) is 4.96. The zero-order chi connectivity index (χ0) is 12.3. The molecule has 0 aromatic carbocycles. The van der Waals surface area contributed by atoms with Gasteiger partial charge in [-0.05, 0) is 0 Å². The summed E-state index contributed by atoms with van der Waals surface area (Å²) in [5, 5.41) is 1.19. The number of ether oxygens (including phenoxy) is 1. The van der Waals surface area contributed by atoms with Crippen LogP contribution in [0.3, 0.4) is 0 Å². The molecule has 6 heteroatoms. The molecule has 6 nitrogen and oxygen atoms in total. The van der Waals surface area contributed by atoms with Crippen LogP contribution in [-0.4, -0.2) is 36.4 Å². The molecule has 1 heterocycles. The molecule has 1 N–H and O–H groups in total. The molecule has 16 heavy (non-hydrogen) atoms. The van der Waals surface area contributed by atoms with Gasteiger partial charge in [0.1, 0.15) is 0 Å². The predicted molar refractivity (Wildman–Crippen MR) is 54.8 cm³/mol. The second-order valence-electron chi connectivity index (χ2n) is 4.06. The molecule has 0 aromatic heterocycles. The van der Waals surface area contributed by atoms with Gasteiger partial charge in [-0.25, -0.2) is 0 Å². The molecule has 1 aliphatic rings. The summed E-state index contributed by atoms with van der Waals surface area (Å²) in [4.78, 5) is 34.3. The molecule has 0 aromatic rings. The Morgan fingerprint density at radius 2 is 2.12 bits per heavy atom. The summed E-state index contributed by atoms with van der Waals surface area (Å²) in [6.45, 7) is 3.64. The first-order chi connectivity index (χ1) is 7.45. The van der Waals surface area contributed by atoms with Crippen molar-refractivity contribution in [1.82, 2.24) is 10.4 Å². The van der Waals surface area contributed by atoms with E-state index in [0.717, 1.165) is 0 Å². The van der Waals surface area contributed by atoms with Crippen LogP contribution < -0.4 is 5.43 Å². The number of amides is 2. The Morgan fingerprint density at radius 1 is 1.50 bits per heavy atom. The third kappa shape index (κ3) is 2.71. The lowest BCUT2D eigenvalue weighted by Crippen LogP contribution is -2.55. The zero-order valence-corrected chi connectivity index (χ0v) is 9.65. The quantitative estimate of drug-likeness (QED) is 0.658. The molecular formula is C10H16N2O4. The normalized spacial score (nSPS) is 20.6. The van der Waals surface area contributed by atoms with Crippen molar-refractivity contribution < 1.29 is 19.1 Å². The Bertz CT molecular complexity index is 314. The smallest absolute Gasteiger partial charge is 0.311 e. The van der Waals surface area contributed by atoms with Gasteiger partial charge in [0, 0.05) is 12.3 Å². The van der Waals surface area contributed by atoms with E-state index in [1.165, 1.54) is 12.1 Å². The minimum absolute atomic E-state index is 0.0640. The van der Waals surface area contributed by atoms with Crippen molar-refractivity contribution in [2.24, 2.45) is 11.8 Å². The number of hydrazine groups is 1. The SMILES string of the molecule is COC(=O)C1CC(=O)NN(C(=O)C(C)C)C1. The fourth-order valence-corrected chi connectivity index (χ4v) is 1.53. The predicted octanol–water partition coefficient (Wildman–Crippen LogP) is -0.305. The highest BCUT2D eigenvalue weighted by Crippen LogP contribution is 2.14. The molecule has 1 rings (SSSR count). The van der Waals surface area contributed by atoms with Crippen molar-refractivity contribution in [1.29, 1.82) is 0 Å². The van der Waals surface area contributed by atoms with Crippen LogP contribution in [0.25, 0.3) is 0 Å². The fourth-order valence-electron chi connectivity index (χ4n) is 1.53. The van der Waals surface area contributed by atoms with E-state index >= 15 is 0 Å². The number of nitrogens with one attached hydrogen (secondary N) is 1. The van der Waals surface area contributed by atoms with E-state index in [9.17, 15) is 14.4 Å². The van der Waals surface area contributed by atoms with Crippen LogP contribution in [-0.2, 0) is 19.1 Å². The van der Waals surface area contributed by atoms with E-state index < -0.39 is 11.9 Å². The van der Waals surface area contributed by atoms with Crippen molar-refractivity contribution in [3.8, 4) is 0 Å². The highest BCUT2D eigenvalue weighted by molar-refractivity contribution is 5.88. The second-order valence-corrected chi connectivity index (χ2v) is 4.06. The van der Waals surface area contributed by atoms with E-state index in [-0.39, 0.29) is 30.7 Å². The molecule has 1 fully saturated rings. The summed E-state index contributed by atoms with van der Waals surface area (Å²) >= 11 is 0. The van der Waals surface area contributed by atoms with E-state index in [0.29, 0.717) is 0 Å². The Balaban J connectivity index is 2.71. The van der Waals surface area contributed by atoms with Crippen LogP contribution in [0.1, 0.15) is 20.3 Å². The van der Waals surface area contributed by atoms with Gasteiger partial charge in [0.15, 0.2) is 0 Å². The van der Waals surface area contributed by atoms with Crippen LogP contribution in [0, 0.1) is 11.8 Å². The van der Waals surface area contributed by atoms with E-state index in [1.807, 2.05) is 0 Å². The molecule has 0 aliphatic carbocycles. The number of carbonyl (C=O) groups excluding carboxylic acids is 3. The van der Waals surface area contributed by atoms with Gasteiger partial charge in [0.2, 0.25) is 11.8 Å². The minimum Gasteiger partial charge on any atom is -0.469 e. The third-order valence-electron chi connectivity index (χ3n) is 2.39. The van der Waals surface area contributed by atoms with Gasteiger partial charge in [-0.15, -0.1) is 0 Å². The largest absolute Gasteiger partial charge is 0.469 e. The Morgan fingerprint density at radius 3 is 2.62 bits per heavy atom. The summed E-state index contributed by atoms with van der Waals surface area (Å²) in [6, 6.07) is 0. The molecule has 1 saturated heterocycles. The standard InChI is InChI=1S/C10H16N2O4/c1-6(2)9(14)12-5-7(10(15)16-3)4-8(13)11-12/h6-7H,4-5H2,1-3H3,(H,11,13). The topological polar surface area (TPSA) is 75.7 Å². The average molecular weight is 228 g/mol. The van der Waals surface area contributed by atoms with Gasteiger partial charge in [-0.3, -0.25) is 24.8 Å². The molecule has 0 radical (unpaired) electrons. The number of esters is 1. The van der Waals surface area contributed by atoms with Crippen LogP contribution in [0.4, 0.5) is 0 Å². The van der Waals surface area contributed by atoms with Gasteiger partial charge in [0.25, 0.3) is 0 Å². The number of nitrogens with zero attached hydrogens (tertiary/aromatic N) is 1. The van der Waals surface area contributed by atoms with E-state index in [4.69, 9.17) is 0 Å². The Hall–Kier alpha value is -1.59. The molecule has 1 unspecified atom stereocenters. The first-order valence-corrected chi connectivity index (χ1v) is 5.14. The number of hydrogen-bond donors (Lipinski definition) is 1. The summed E-state index contributed by atoms with van der Waals surface area (Å²) in [5.41, 5.74) is 2.44. The maximum atomic E-state index is 11.7. The molecule has 0 bridgehead atoms. The van der Waals surface area contributed by atoms with Crippen molar-refractivity contribution in [3.05, 3.63) is 0 Å². The summed E-state index contributed by atoms with van der Waals surface area (Å²) in [6.07, 6.45) is 0.0640. The van der Waals surface area contributed by atoms with Crippen LogP contribution >= 0.6 is 0 Å². The first-order valence-electron chi connectivity index (χ1n) is 5.14. The average Bonchev–Trinajstić information content (AvgIpc) is 2.25. The molecule has 0 saturated carbocycles. The van der Waals surface area contributed by atoms with Crippen molar-refractivity contribution in [2.75, 3.05) is 13.7 Å². The van der Waals surface area contributed by atoms with Gasteiger partial charge in [0.05, 0.1) is 19.6 Å². The van der Waals surface area contributed by atoms with E-state index in [1.54, 1.807) is 13.8 Å². The molecular weight excluding hydrogens is 212 g/mol. The number of hydrogen-bond acceptors (Lipinski definition) is 4. The van der Waals surface area contributed by atoms with Crippen LogP contribution in [0.5, 0.6) is 0 Å². The van der Waals surface area contributed by atoms with Gasteiger partial charge in [-0.2, -0.15) is 0 Å². The van der Waals surface area contributed by atoms with Crippen molar-refractivity contribution >= 4 is 17.8 Å². The lowest BCUT2D eigenvalue weighted by molar-refractivity contribution is -0.157. The lowest BCUT2D eigenvalue weighted by Gasteiger charge is -2.32. The number of rotatable bonds is 2. The van der Waals surface area contributed by atoms with Gasteiger partial charge >= 0.3 is 5.97 Å². The van der Waals surface area contributed by atoms with E-state index in [2.05, 4.69) is 10.2 Å². The number of carbonyl (C=O) groups is 3. The Labute approximate surface area is 93.9 Å². The van der Waals surface area contributed by atoms with Crippen LogP contribution in [0.15, 0.2) is 0 Å². The maximum Gasteiger partial charge on any atom is 0.311 e. The zero-order valence-electron chi connectivity index (χ0n) is 9.65. The highest BCUT2D eigenvalue weighted by Gasteiger charge is 2.33. The van der Waals surface area contributed by atoms with Crippen molar-refractivity contribution in [2.45, 2.75) is 20.3 Å². The third-order valence-corrected chi connectivity index (χ3v) is 2.39. The maximum absolute atomic E-state index is 11.7. The highest BCUT2D eigenvalue weighted by atomic mass is 16.5. The summed E-state index contributed by atoms with van der Waals surface area (Å²) < 4.78 is 4.57. The minimum atomic E-state index is -0.568. The first kappa shape index (κ1) is 12.5. The number of methoxy groups -OCH3 is 1. The molecule has 90 valence electrons. The molecule has 0 spiro atoms. The lowest BCUT2D eigenvalue weighted by atomic mass is 10.0. The fraction of sp³-hybridized carbons (Fsp3) is 0.700. The van der Waals surface area contributed by atoms with Gasteiger partial charge in [-0.1, -0.05) is 13.8 Å².